The number of aromatic nitrogens is 2. The Morgan fingerprint density at radius 2 is 2.26 bits per heavy atom. The van der Waals surface area contributed by atoms with Gasteiger partial charge in [0.1, 0.15) is 0 Å². The van der Waals surface area contributed by atoms with E-state index in [4.69, 9.17) is 5.10 Å². The second-order valence-electron chi connectivity index (χ2n) is 7.15. The first-order valence-electron chi connectivity index (χ1n) is 8.44. The van der Waals surface area contributed by atoms with E-state index in [9.17, 15) is 0 Å². The van der Waals surface area contributed by atoms with Crippen LogP contribution in [0, 0.1) is 0 Å². The van der Waals surface area contributed by atoms with E-state index in [0.717, 1.165) is 31.8 Å². The molecule has 0 aliphatic heterocycles. The average Bonchev–Trinajstić information content (AvgIpc) is 2.95. The van der Waals surface area contributed by atoms with Crippen LogP contribution in [0.15, 0.2) is 11.2 Å². The van der Waals surface area contributed by atoms with Crippen molar-refractivity contribution < 1.29 is 0 Å². The second-order valence-corrected chi connectivity index (χ2v) is 8.66. The molecule has 1 atom stereocenters. The summed E-state index contributed by atoms with van der Waals surface area (Å²) in [6.07, 6.45) is 7.55. The molecule has 6 heteroatoms. The molecule has 1 aromatic rings. The van der Waals surface area contributed by atoms with Crippen LogP contribution in [0.5, 0.6) is 0 Å². The van der Waals surface area contributed by atoms with Crippen molar-refractivity contribution in [2.75, 3.05) is 19.8 Å². The van der Waals surface area contributed by atoms with Crippen molar-refractivity contribution in [1.82, 2.24) is 20.4 Å². The molecule has 23 heavy (non-hydrogen) atoms. The van der Waals surface area contributed by atoms with Crippen LogP contribution >= 0.6 is 11.8 Å². The molecule has 0 saturated heterocycles. The Kier molecular flexibility index (Phi) is 6.00. The lowest BCUT2D eigenvalue weighted by molar-refractivity contribution is 0.498. The fourth-order valence-electron chi connectivity index (χ4n) is 2.66. The fraction of sp³-hybridized carbons (Fsp3) is 0.765. The summed E-state index contributed by atoms with van der Waals surface area (Å²) in [5.41, 5.74) is 2.64. The standard InChI is InChI=1S/C17H31N5S/c1-12(2)22-10-13-7-8-14(9-15(13)21-22)20-16(18-5)19-11-17(3,4)23-6/h10,12,14H,7-9,11H2,1-6H3,(H2,18,19,20). The maximum Gasteiger partial charge on any atom is 0.191 e. The van der Waals surface area contributed by atoms with Crippen LogP contribution in [0.4, 0.5) is 0 Å². The van der Waals surface area contributed by atoms with Gasteiger partial charge in [0.25, 0.3) is 0 Å². The molecule has 0 spiro atoms. The molecule has 5 nitrogen and oxygen atoms in total. The number of fused-ring (bicyclic) bond motifs is 1. The molecule has 1 aliphatic carbocycles. The van der Waals surface area contributed by atoms with Gasteiger partial charge in [0.2, 0.25) is 0 Å². The van der Waals surface area contributed by atoms with Gasteiger partial charge in [-0.05, 0) is 52.4 Å². The topological polar surface area (TPSA) is 54.2 Å². The van der Waals surface area contributed by atoms with Crippen LogP contribution < -0.4 is 10.6 Å². The Bertz CT molecular complexity index is 547. The largest absolute Gasteiger partial charge is 0.355 e. The normalized spacial score (nSPS) is 18.9. The van der Waals surface area contributed by atoms with Gasteiger partial charge in [0.15, 0.2) is 5.96 Å². The van der Waals surface area contributed by atoms with E-state index >= 15 is 0 Å². The van der Waals surface area contributed by atoms with E-state index in [-0.39, 0.29) is 4.75 Å². The fourth-order valence-corrected chi connectivity index (χ4v) is 2.87. The summed E-state index contributed by atoms with van der Waals surface area (Å²) in [6.45, 7) is 9.72. The van der Waals surface area contributed by atoms with E-state index in [1.54, 1.807) is 0 Å². The summed E-state index contributed by atoms with van der Waals surface area (Å²) in [5.74, 6) is 0.892. The van der Waals surface area contributed by atoms with Gasteiger partial charge in [-0.2, -0.15) is 16.9 Å². The third kappa shape index (κ3) is 4.90. The highest BCUT2D eigenvalue weighted by Crippen LogP contribution is 2.22. The number of nitrogens with zero attached hydrogens (tertiary/aromatic N) is 3. The summed E-state index contributed by atoms with van der Waals surface area (Å²) < 4.78 is 2.29. The van der Waals surface area contributed by atoms with Crippen LogP contribution in [-0.2, 0) is 12.8 Å². The summed E-state index contributed by atoms with van der Waals surface area (Å²) in [7, 11) is 1.84. The molecule has 0 saturated carbocycles. The van der Waals surface area contributed by atoms with Gasteiger partial charge in [0, 0.05) is 43.0 Å². The maximum absolute atomic E-state index is 4.75. The number of guanidine groups is 1. The van der Waals surface area contributed by atoms with E-state index < -0.39 is 0 Å². The number of aryl methyl sites for hydroxylation is 1. The van der Waals surface area contributed by atoms with E-state index in [1.807, 2.05) is 18.8 Å². The van der Waals surface area contributed by atoms with Crippen molar-refractivity contribution in [3.63, 3.8) is 0 Å². The molecule has 0 bridgehead atoms. The Hall–Kier alpha value is -1.17. The Morgan fingerprint density at radius 3 is 2.87 bits per heavy atom. The summed E-state index contributed by atoms with van der Waals surface area (Å²) in [5, 5.41) is 11.8. The van der Waals surface area contributed by atoms with Gasteiger partial charge in [-0.15, -0.1) is 0 Å². The molecule has 1 aliphatic rings. The number of aliphatic imine (C=N–C) groups is 1. The van der Waals surface area contributed by atoms with Crippen LogP contribution in [0.3, 0.4) is 0 Å². The number of rotatable bonds is 5. The molecule has 0 fully saturated rings. The predicted octanol–water partition coefficient (Wildman–Crippen LogP) is 2.63. The van der Waals surface area contributed by atoms with E-state index in [1.165, 1.54) is 11.3 Å². The lowest BCUT2D eigenvalue weighted by Crippen LogP contribution is -2.48. The molecule has 1 unspecified atom stereocenters. The van der Waals surface area contributed by atoms with Crippen LogP contribution in [0.2, 0.25) is 0 Å². The SMILES string of the molecule is CN=C(NCC(C)(C)SC)NC1CCc2cn(C(C)C)nc2C1. The first-order valence-corrected chi connectivity index (χ1v) is 9.66. The molecule has 0 amide bonds. The highest BCUT2D eigenvalue weighted by molar-refractivity contribution is 7.99. The maximum atomic E-state index is 4.75. The minimum atomic E-state index is 0.202. The van der Waals surface area contributed by atoms with Crippen molar-refractivity contribution in [3.05, 3.63) is 17.5 Å². The van der Waals surface area contributed by atoms with Crippen molar-refractivity contribution in [3.8, 4) is 0 Å². The van der Waals surface area contributed by atoms with Gasteiger partial charge in [0.05, 0.1) is 5.69 Å². The number of hydrogen-bond acceptors (Lipinski definition) is 3. The van der Waals surface area contributed by atoms with Gasteiger partial charge in [-0.1, -0.05) is 0 Å². The average molecular weight is 338 g/mol. The van der Waals surface area contributed by atoms with Gasteiger partial charge < -0.3 is 10.6 Å². The Balaban J connectivity index is 1.92. The van der Waals surface area contributed by atoms with Crippen LogP contribution in [0.1, 0.15) is 51.4 Å². The summed E-state index contributed by atoms with van der Waals surface area (Å²) in [6, 6.07) is 0.830. The summed E-state index contributed by atoms with van der Waals surface area (Å²) in [4.78, 5) is 4.37. The minimum Gasteiger partial charge on any atom is -0.355 e. The molecular formula is C17H31N5S. The van der Waals surface area contributed by atoms with E-state index in [0.29, 0.717) is 12.1 Å². The van der Waals surface area contributed by atoms with Crippen molar-refractivity contribution >= 4 is 17.7 Å². The van der Waals surface area contributed by atoms with Crippen molar-refractivity contribution in [2.45, 2.75) is 63.8 Å². The third-order valence-corrected chi connectivity index (χ3v) is 5.67. The smallest absolute Gasteiger partial charge is 0.191 e. The predicted molar refractivity (Wildman–Crippen MR) is 101 cm³/mol. The molecule has 2 rings (SSSR count). The van der Waals surface area contributed by atoms with Crippen LogP contribution in [-0.4, -0.2) is 46.4 Å². The number of nitrogens with one attached hydrogen (secondary N) is 2. The van der Waals surface area contributed by atoms with E-state index in [2.05, 4.69) is 60.5 Å². The zero-order chi connectivity index (χ0) is 17.0. The van der Waals surface area contributed by atoms with Crippen molar-refractivity contribution in [1.29, 1.82) is 0 Å². The lowest BCUT2D eigenvalue weighted by Gasteiger charge is -2.27. The highest BCUT2D eigenvalue weighted by Gasteiger charge is 2.23. The molecule has 1 heterocycles. The number of thioether (sulfide) groups is 1. The highest BCUT2D eigenvalue weighted by atomic mass is 32.2. The van der Waals surface area contributed by atoms with Gasteiger partial charge >= 0.3 is 0 Å². The Labute approximate surface area is 144 Å². The van der Waals surface area contributed by atoms with Crippen LogP contribution in [0.25, 0.3) is 0 Å². The zero-order valence-electron chi connectivity index (χ0n) is 15.3. The monoisotopic (exact) mass is 337 g/mol. The molecule has 130 valence electrons. The molecular weight excluding hydrogens is 306 g/mol. The minimum absolute atomic E-state index is 0.202. The quantitative estimate of drug-likeness (QED) is 0.641. The van der Waals surface area contributed by atoms with Gasteiger partial charge in [-0.3, -0.25) is 9.67 Å². The lowest BCUT2D eigenvalue weighted by atomic mass is 9.94. The van der Waals surface area contributed by atoms with Gasteiger partial charge in [-0.25, -0.2) is 0 Å². The van der Waals surface area contributed by atoms with Crippen molar-refractivity contribution in [2.24, 2.45) is 4.99 Å². The second kappa shape index (κ2) is 7.60. The Morgan fingerprint density at radius 1 is 1.52 bits per heavy atom. The number of hydrogen-bond donors (Lipinski definition) is 2. The molecule has 1 aromatic heterocycles. The third-order valence-electron chi connectivity index (χ3n) is 4.42. The molecule has 0 radical (unpaired) electrons. The summed E-state index contributed by atoms with van der Waals surface area (Å²) >= 11 is 1.86. The zero-order valence-corrected chi connectivity index (χ0v) is 16.1. The molecule has 0 aromatic carbocycles. The molecule has 2 N–H and O–H groups in total. The first-order chi connectivity index (χ1) is 10.8. The first kappa shape index (κ1) is 18.2.